The first-order valence-electron chi connectivity index (χ1n) is 19.3. The van der Waals surface area contributed by atoms with Crippen molar-refractivity contribution in [2.45, 2.75) is 167 Å². The highest BCUT2D eigenvalue weighted by Gasteiger charge is 2.24. The third kappa shape index (κ3) is 36.6. The standard InChI is InChI=1S/C42H71NO5S/c1-3-5-7-9-11-13-15-17-19-21-23-25-27-29-31-33-35-37-41(44)40(39-49(46,47)48)43-42(45)38-36-34-32-30-28-26-24-22-20-18-16-14-12-10-8-6-4-2/h6,8,12,14,18,20,24,26-27,29-30,32,35,37,40-41,44H,3-5,7,9-11,13,15-17,19,21-23,25,28,31,33-34,36,38-39H2,1-2H3,(H,43,45)(H,46,47,48)/b8-6-,14-12-,20-18-,26-24-,29-27+,32-30-,37-35+. The fourth-order valence-corrected chi connectivity index (χ4v) is 5.94. The number of aliphatic hydroxyl groups is 1. The number of carbonyl (C=O) groups is 1. The lowest BCUT2D eigenvalue weighted by Crippen LogP contribution is -2.46. The van der Waals surface area contributed by atoms with E-state index >= 15 is 0 Å². The van der Waals surface area contributed by atoms with Gasteiger partial charge in [0.2, 0.25) is 5.91 Å². The van der Waals surface area contributed by atoms with Crippen LogP contribution in [0.15, 0.2) is 85.1 Å². The van der Waals surface area contributed by atoms with Crippen molar-refractivity contribution < 1.29 is 22.9 Å². The number of hydrogen-bond donors (Lipinski definition) is 3. The molecule has 0 rings (SSSR count). The highest BCUT2D eigenvalue weighted by atomic mass is 32.2. The molecule has 0 fully saturated rings. The lowest BCUT2D eigenvalue weighted by molar-refractivity contribution is -0.122. The molecule has 2 atom stereocenters. The van der Waals surface area contributed by atoms with Crippen LogP contribution in [0.4, 0.5) is 0 Å². The summed E-state index contributed by atoms with van der Waals surface area (Å²) in [5.41, 5.74) is 0. The largest absolute Gasteiger partial charge is 0.387 e. The zero-order chi connectivity index (χ0) is 36.1. The van der Waals surface area contributed by atoms with E-state index in [1.54, 1.807) is 6.08 Å². The van der Waals surface area contributed by atoms with E-state index in [-0.39, 0.29) is 12.3 Å². The Balaban J connectivity index is 4.14. The minimum absolute atomic E-state index is 0.205. The molecule has 0 aromatic rings. The number of rotatable bonds is 33. The van der Waals surface area contributed by atoms with E-state index < -0.39 is 28.0 Å². The third-order valence-electron chi connectivity index (χ3n) is 8.06. The van der Waals surface area contributed by atoms with Crippen LogP contribution in [0.25, 0.3) is 0 Å². The Kier molecular flexibility index (Phi) is 33.6. The molecule has 0 aliphatic carbocycles. The Hall–Kier alpha value is -2.48. The molecule has 1 amide bonds. The van der Waals surface area contributed by atoms with E-state index in [0.717, 1.165) is 51.4 Å². The van der Waals surface area contributed by atoms with Gasteiger partial charge in [-0.1, -0.05) is 163 Å². The second-order valence-electron chi connectivity index (χ2n) is 12.8. The number of allylic oxidation sites excluding steroid dienone is 13. The summed E-state index contributed by atoms with van der Waals surface area (Å²) in [5, 5.41) is 13.1. The van der Waals surface area contributed by atoms with E-state index in [4.69, 9.17) is 0 Å². The molecule has 0 saturated heterocycles. The minimum atomic E-state index is -4.38. The Morgan fingerprint density at radius 1 is 0.571 bits per heavy atom. The summed E-state index contributed by atoms with van der Waals surface area (Å²) >= 11 is 0. The van der Waals surface area contributed by atoms with Crippen LogP contribution in [0.5, 0.6) is 0 Å². The minimum Gasteiger partial charge on any atom is -0.387 e. The average Bonchev–Trinajstić information content (AvgIpc) is 3.06. The van der Waals surface area contributed by atoms with Gasteiger partial charge in [-0.3, -0.25) is 9.35 Å². The SMILES string of the molecule is CC/C=C\C/C=C\C/C=C\C/C=C\C/C=C\CCCC(=O)NC(CS(=O)(=O)O)C(O)/C=C/CC/C=C/CCCCCCCCCCCCC. The van der Waals surface area contributed by atoms with E-state index in [2.05, 4.69) is 86.0 Å². The molecule has 0 bridgehead atoms. The zero-order valence-electron chi connectivity index (χ0n) is 31.0. The highest BCUT2D eigenvalue weighted by Crippen LogP contribution is 2.12. The summed E-state index contributed by atoms with van der Waals surface area (Å²) in [6.45, 7) is 4.39. The summed E-state index contributed by atoms with van der Waals surface area (Å²) in [6, 6.07) is -1.11. The van der Waals surface area contributed by atoms with Gasteiger partial charge in [-0.05, 0) is 70.6 Å². The lowest BCUT2D eigenvalue weighted by atomic mass is 10.1. The van der Waals surface area contributed by atoms with Gasteiger partial charge in [0.05, 0.1) is 17.9 Å². The molecule has 2 unspecified atom stereocenters. The molecule has 6 nitrogen and oxygen atoms in total. The van der Waals surface area contributed by atoms with E-state index in [1.165, 1.54) is 76.7 Å². The number of hydrogen-bond acceptors (Lipinski definition) is 4. The maximum absolute atomic E-state index is 12.5. The van der Waals surface area contributed by atoms with Crippen LogP contribution in [-0.2, 0) is 14.9 Å². The van der Waals surface area contributed by atoms with Crippen LogP contribution < -0.4 is 5.32 Å². The molecule has 0 spiro atoms. The van der Waals surface area contributed by atoms with Gasteiger partial charge in [-0.25, -0.2) is 0 Å². The maximum atomic E-state index is 12.5. The predicted molar refractivity (Wildman–Crippen MR) is 211 cm³/mol. The first-order chi connectivity index (χ1) is 23.8. The molecule has 0 aliphatic heterocycles. The Bertz CT molecular complexity index is 1080. The molecule has 0 heterocycles. The molecule has 0 aromatic heterocycles. The molecule has 7 heteroatoms. The average molecular weight is 702 g/mol. The zero-order valence-corrected chi connectivity index (χ0v) is 31.8. The molecule has 49 heavy (non-hydrogen) atoms. The van der Waals surface area contributed by atoms with Crippen molar-refractivity contribution in [3.8, 4) is 0 Å². The Morgan fingerprint density at radius 2 is 1.00 bits per heavy atom. The number of carbonyl (C=O) groups excluding carboxylic acids is 1. The molecular formula is C42H71NO5S. The quantitative estimate of drug-likeness (QED) is 0.0359. The normalized spacial score (nSPS) is 14.3. The van der Waals surface area contributed by atoms with Crippen LogP contribution in [0.2, 0.25) is 0 Å². The maximum Gasteiger partial charge on any atom is 0.267 e. The third-order valence-corrected chi connectivity index (χ3v) is 8.84. The lowest BCUT2D eigenvalue weighted by Gasteiger charge is -2.21. The van der Waals surface area contributed by atoms with Crippen molar-refractivity contribution in [2.75, 3.05) is 5.75 Å². The highest BCUT2D eigenvalue weighted by molar-refractivity contribution is 7.85. The number of aliphatic hydroxyl groups excluding tert-OH is 1. The topological polar surface area (TPSA) is 104 Å². The Labute approximate surface area is 301 Å². The first-order valence-corrected chi connectivity index (χ1v) is 20.9. The van der Waals surface area contributed by atoms with E-state index in [1.807, 2.05) is 6.08 Å². The van der Waals surface area contributed by atoms with E-state index in [9.17, 15) is 22.9 Å². The molecule has 0 aliphatic rings. The number of amides is 1. The van der Waals surface area contributed by atoms with Crippen molar-refractivity contribution in [1.29, 1.82) is 0 Å². The summed E-state index contributed by atoms with van der Waals surface area (Å²) in [7, 11) is -4.38. The fourth-order valence-electron chi connectivity index (χ4n) is 5.20. The second kappa shape index (κ2) is 35.3. The van der Waals surface area contributed by atoms with Gasteiger partial charge >= 0.3 is 0 Å². The van der Waals surface area contributed by atoms with Crippen molar-refractivity contribution in [1.82, 2.24) is 5.32 Å². The molecule has 0 radical (unpaired) electrons. The van der Waals surface area contributed by atoms with Crippen LogP contribution in [0.1, 0.15) is 155 Å². The van der Waals surface area contributed by atoms with Gasteiger partial charge < -0.3 is 10.4 Å². The monoisotopic (exact) mass is 702 g/mol. The summed E-state index contributed by atoms with van der Waals surface area (Å²) in [6.07, 6.45) is 51.4. The molecule has 0 saturated carbocycles. The first kappa shape index (κ1) is 46.5. The summed E-state index contributed by atoms with van der Waals surface area (Å²) in [5.74, 6) is -1.09. The van der Waals surface area contributed by atoms with Gasteiger partial charge in [0.1, 0.15) is 0 Å². The van der Waals surface area contributed by atoms with Crippen molar-refractivity contribution in [3.05, 3.63) is 85.1 Å². The van der Waals surface area contributed by atoms with Gasteiger partial charge in [-0.2, -0.15) is 8.42 Å². The summed E-state index contributed by atoms with van der Waals surface area (Å²) < 4.78 is 32.4. The van der Waals surface area contributed by atoms with Gasteiger partial charge in [-0.15, -0.1) is 0 Å². The van der Waals surface area contributed by atoms with Gasteiger partial charge in [0, 0.05) is 6.42 Å². The molecule has 3 N–H and O–H groups in total. The molecule has 0 aromatic carbocycles. The van der Waals surface area contributed by atoms with Gasteiger partial charge in [0.25, 0.3) is 10.1 Å². The number of nitrogens with one attached hydrogen (secondary N) is 1. The van der Waals surface area contributed by atoms with Crippen LogP contribution in [-0.4, -0.2) is 41.9 Å². The molecular weight excluding hydrogens is 631 g/mol. The van der Waals surface area contributed by atoms with Crippen LogP contribution >= 0.6 is 0 Å². The second-order valence-corrected chi connectivity index (χ2v) is 14.3. The van der Waals surface area contributed by atoms with Crippen molar-refractivity contribution >= 4 is 16.0 Å². The smallest absolute Gasteiger partial charge is 0.267 e. The van der Waals surface area contributed by atoms with Crippen molar-refractivity contribution in [3.63, 3.8) is 0 Å². The van der Waals surface area contributed by atoms with Crippen LogP contribution in [0, 0.1) is 0 Å². The Morgan fingerprint density at radius 3 is 1.53 bits per heavy atom. The number of unbranched alkanes of at least 4 members (excludes halogenated alkanes) is 13. The molecule has 280 valence electrons. The van der Waals surface area contributed by atoms with Crippen LogP contribution in [0.3, 0.4) is 0 Å². The fraction of sp³-hybridized carbons (Fsp3) is 0.643. The van der Waals surface area contributed by atoms with Gasteiger partial charge in [0.15, 0.2) is 0 Å². The summed E-state index contributed by atoms with van der Waals surface area (Å²) in [4.78, 5) is 12.5. The van der Waals surface area contributed by atoms with E-state index in [0.29, 0.717) is 12.8 Å². The predicted octanol–water partition coefficient (Wildman–Crippen LogP) is 11.2. The van der Waals surface area contributed by atoms with Crippen molar-refractivity contribution in [2.24, 2.45) is 0 Å².